The summed E-state index contributed by atoms with van der Waals surface area (Å²) in [5.74, 6) is 2.12. The summed E-state index contributed by atoms with van der Waals surface area (Å²) in [7, 11) is 0. The molecule has 4 nitrogen and oxygen atoms in total. The van der Waals surface area contributed by atoms with Crippen molar-refractivity contribution < 1.29 is 9.57 Å². The smallest absolute Gasteiger partial charge is 0.366 e. The zero-order valence-electron chi connectivity index (χ0n) is 6.36. The molecule has 0 spiro atoms. The van der Waals surface area contributed by atoms with Crippen molar-refractivity contribution in [2.24, 2.45) is 4.99 Å². The van der Waals surface area contributed by atoms with E-state index in [1.165, 1.54) is 0 Å². The topological polar surface area (TPSA) is 37.1 Å². The second-order valence-corrected chi connectivity index (χ2v) is 4.92. The molecule has 3 rings (SSSR count). The molecule has 12 heavy (non-hydrogen) atoms. The van der Waals surface area contributed by atoms with Gasteiger partial charge in [-0.3, -0.25) is 0 Å². The lowest BCUT2D eigenvalue weighted by Crippen LogP contribution is -2.15. The fourth-order valence-electron chi connectivity index (χ4n) is 1.24. The van der Waals surface area contributed by atoms with Gasteiger partial charge in [0.25, 0.3) is 0 Å². The largest absolute Gasteiger partial charge is 0.414 e. The van der Waals surface area contributed by atoms with Gasteiger partial charge in [-0.05, 0) is 0 Å². The summed E-state index contributed by atoms with van der Waals surface area (Å²) in [5, 5.41) is 2.17. The maximum atomic E-state index is 5.61. The van der Waals surface area contributed by atoms with Crippen molar-refractivity contribution >= 4 is 28.8 Å². The number of rotatable bonds is 1. The molecular weight excluding hydrogens is 196 g/mol. The Morgan fingerprint density at radius 1 is 1.58 bits per heavy atom. The van der Waals surface area contributed by atoms with Gasteiger partial charge in [0, 0.05) is 18.1 Å². The average molecular weight is 204 g/mol. The highest BCUT2D eigenvalue weighted by Gasteiger charge is 2.64. The second kappa shape index (κ2) is 2.54. The molecule has 2 unspecified atom stereocenters. The summed E-state index contributed by atoms with van der Waals surface area (Å²) in [5.41, 5.74) is 0. The third kappa shape index (κ3) is 1.06. The molecule has 0 amide bonds. The minimum absolute atomic E-state index is 0.476. The van der Waals surface area contributed by atoms with E-state index in [0.717, 1.165) is 29.8 Å². The van der Waals surface area contributed by atoms with Crippen LogP contribution in [0.4, 0.5) is 0 Å². The van der Waals surface area contributed by atoms with Crippen LogP contribution in [-0.2, 0) is 9.57 Å². The highest BCUT2D eigenvalue weighted by atomic mass is 32.2. The van der Waals surface area contributed by atoms with Crippen molar-refractivity contribution in [3.05, 3.63) is 0 Å². The fourth-order valence-corrected chi connectivity index (χ4v) is 3.04. The van der Waals surface area contributed by atoms with Crippen molar-refractivity contribution in [1.82, 2.24) is 5.06 Å². The number of hydroxylamine groups is 2. The Bertz CT molecular complexity index is 248. The number of thioether (sulfide) groups is 2. The number of nitrogens with zero attached hydrogens (tertiary/aromatic N) is 2. The molecule has 2 saturated heterocycles. The molecule has 3 aliphatic heterocycles. The lowest BCUT2D eigenvalue weighted by Gasteiger charge is -2.06. The molecule has 0 saturated carbocycles. The second-order valence-electron chi connectivity index (χ2n) is 2.66. The highest BCUT2D eigenvalue weighted by Crippen LogP contribution is 2.51. The minimum Gasteiger partial charge on any atom is -0.414 e. The molecule has 0 bridgehead atoms. The van der Waals surface area contributed by atoms with Crippen LogP contribution in [0.1, 0.15) is 0 Å². The van der Waals surface area contributed by atoms with E-state index < -0.39 is 5.24 Å². The van der Waals surface area contributed by atoms with E-state index in [2.05, 4.69) is 4.99 Å². The van der Waals surface area contributed by atoms with Crippen molar-refractivity contribution in [2.45, 2.75) is 5.24 Å². The maximum absolute atomic E-state index is 5.61. The Hall–Kier alpha value is 0.0900. The quantitative estimate of drug-likeness (QED) is 0.588. The van der Waals surface area contributed by atoms with E-state index in [9.17, 15) is 0 Å². The summed E-state index contributed by atoms with van der Waals surface area (Å²) in [6.45, 7) is 1.84. The molecular formula is C6H8N2O2S2. The van der Waals surface area contributed by atoms with E-state index >= 15 is 0 Å². The Balaban J connectivity index is 1.68. The number of aliphatic imine (C=N–C) groups is 1. The first-order valence-corrected chi connectivity index (χ1v) is 5.83. The Morgan fingerprint density at radius 2 is 2.58 bits per heavy atom. The predicted molar refractivity (Wildman–Crippen MR) is 48.8 cm³/mol. The van der Waals surface area contributed by atoms with Crippen LogP contribution in [0, 0.1) is 0 Å². The lowest BCUT2D eigenvalue weighted by molar-refractivity contribution is 0.135. The van der Waals surface area contributed by atoms with Gasteiger partial charge in [-0.2, -0.15) is 0 Å². The van der Waals surface area contributed by atoms with Gasteiger partial charge < -0.3 is 4.74 Å². The van der Waals surface area contributed by atoms with Crippen molar-refractivity contribution in [3.8, 4) is 0 Å². The van der Waals surface area contributed by atoms with E-state index in [1.54, 1.807) is 23.5 Å². The van der Waals surface area contributed by atoms with Gasteiger partial charge >= 0.3 is 5.24 Å². The van der Waals surface area contributed by atoms with Crippen LogP contribution in [-0.4, -0.2) is 40.1 Å². The van der Waals surface area contributed by atoms with Gasteiger partial charge in [-0.25, -0.2) is 9.83 Å². The highest BCUT2D eigenvalue weighted by molar-refractivity contribution is 8.13. The fraction of sp³-hybridized carbons (Fsp3) is 0.833. The monoisotopic (exact) mass is 204 g/mol. The summed E-state index contributed by atoms with van der Waals surface area (Å²) in [6, 6.07) is 0. The normalized spacial score (nSPS) is 44.0. The number of fused-ring (bicyclic) bond motifs is 1. The van der Waals surface area contributed by atoms with E-state index in [0.29, 0.717) is 0 Å². The molecule has 0 aromatic rings. The first-order chi connectivity index (χ1) is 5.89. The number of ether oxygens (including phenoxy) is 1. The van der Waals surface area contributed by atoms with Crippen LogP contribution in [0.15, 0.2) is 4.99 Å². The third-order valence-electron chi connectivity index (χ3n) is 1.85. The van der Waals surface area contributed by atoms with Gasteiger partial charge in [0.15, 0.2) is 0 Å². The average Bonchev–Trinajstić information content (AvgIpc) is 2.56. The summed E-state index contributed by atoms with van der Waals surface area (Å²) >= 11 is 3.36. The summed E-state index contributed by atoms with van der Waals surface area (Å²) in [6.07, 6.45) is 0. The van der Waals surface area contributed by atoms with E-state index in [4.69, 9.17) is 9.57 Å². The molecule has 0 aliphatic carbocycles. The lowest BCUT2D eigenvalue weighted by atomic mass is 10.8. The van der Waals surface area contributed by atoms with E-state index in [-0.39, 0.29) is 0 Å². The Labute approximate surface area is 78.6 Å². The van der Waals surface area contributed by atoms with E-state index in [1.807, 2.05) is 5.06 Å². The molecule has 2 fully saturated rings. The molecule has 6 heteroatoms. The SMILES string of the molecule is C1CSC(OC23ON2CCS3)=N1. The summed E-state index contributed by atoms with van der Waals surface area (Å²) in [4.78, 5) is 9.49. The molecule has 66 valence electrons. The standard InChI is InChI=1S/C6H8N2O2S2/c1-3-11-5(7-1)9-6-8(10-6)2-4-12-6/h1-4H2. The zero-order chi connectivity index (χ0) is 8.02. The number of hydrogen-bond acceptors (Lipinski definition) is 6. The van der Waals surface area contributed by atoms with Crippen molar-refractivity contribution in [3.63, 3.8) is 0 Å². The number of hydrogen-bond donors (Lipinski definition) is 0. The van der Waals surface area contributed by atoms with Gasteiger partial charge in [-0.1, -0.05) is 23.5 Å². The third-order valence-corrected chi connectivity index (χ3v) is 3.81. The van der Waals surface area contributed by atoms with Crippen LogP contribution in [0.5, 0.6) is 0 Å². The first kappa shape index (κ1) is 7.49. The molecule has 3 aliphatic rings. The zero-order valence-corrected chi connectivity index (χ0v) is 7.99. The van der Waals surface area contributed by atoms with Crippen molar-refractivity contribution in [2.75, 3.05) is 24.6 Å². The summed E-state index contributed by atoms with van der Waals surface area (Å²) < 4.78 is 5.61. The predicted octanol–water partition coefficient (Wildman–Crippen LogP) is 0.711. The minimum atomic E-state index is -0.476. The molecule has 0 N–H and O–H groups in total. The van der Waals surface area contributed by atoms with Crippen LogP contribution >= 0.6 is 23.5 Å². The van der Waals surface area contributed by atoms with Crippen LogP contribution in [0.3, 0.4) is 0 Å². The van der Waals surface area contributed by atoms with Gasteiger partial charge in [0.05, 0.1) is 6.54 Å². The van der Waals surface area contributed by atoms with Crippen molar-refractivity contribution in [1.29, 1.82) is 0 Å². The molecule has 0 aromatic heterocycles. The van der Waals surface area contributed by atoms with Crippen LogP contribution < -0.4 is 0 Å². The maximum Gasteiger partial charge on any atom is 0.366 e. The van der Waals surface area contributed by atoms with Crippen LogP contribution in [0.2, 0.25) is 0 Å². The Morgan fingerprint density at radius 3 is 3.17 bits per heavy atom. The Kier molecular flexibility index (Phi) is 1.58. The van der Waals surface area contributed by atoms with Gasteiger partial charge in [0.2, 0.25) is 5.23 Å². The molecule has 3 heterocycles. The molecule has 0 aromatic carbocycles. The first-order valence-electron chi connectivity index (χ1n) is 3.86. The molecule has 0 radical (unpaired) electrons. The van der Waals surface area contributed by atoms with Gasteiger partial charge in [-0.15, -0.1) is 5.06 Å². The van der Waals surface area contributed by atoms with Crippen LogP contribution in [0.25, 0.3) is 0 Å². The van der Waals surface area contributed by atoms with Gasteiger partial charge in [0.1, 0.15) is 0 Å². The molecule has 2 atom stereocenters.